The predicted molar refractivity (Wildman–Crippen MR) is 99.2 cm³/mol. The summed E-state index contributed by atoms with van der Waals surface area (Å²) in [5.41, 5.74) is 0. The zero-order valence-electron chi connectivity index (χ0n) is 15.8. The van der Waals surface area contributed by atoms with Gasteiger partial charge in [-0.1, -0.05) is 20.3 Å². The SMILES string of the molecule is CCN(CC)S(=O)(=O)N1CCN(C(=O)C2CCCCN2S(C)(=O)=O)CC1. The first-order valence-corrected chi connectivity index (χ1v) is 12.4. The van der Waals surface area contributed by atoms with Gasteiger partial charge in [0.15, 0.2) is 0 Å². The van der Waals surface area contributed by atoms with E-state index in [1.807, 2.05) is 0 Å². The summed E-state index contributed by atoms with van der Waals surface area (Å²) < 4.78 is 53.2. The second-order valence-electron chi connectivity index (χ2n) is 6.70. The molecule has 0 saturated carbocycles. The van der Waals surface area contributed by atoms with E-state index in [1.165, 1.54) is 12.9 Å². The van der Waals surface area contributed by atoms with Crippen molar-refractivity contribution in [2.75, 3.05) is 52.1 Å². The first kappa shape index (κ1) is 21.5. The van der Waals surface area contributed by atoms with Crippen molar-refractivity contribution < 1.29 is 21.6 Å². The summed E-state index contributed by atoms with van der Waals surface area (Å²) in [6, 6.07) is -0.662. The molecular weight excluding hydrogens is 380 g/mol. The fourth-order valence-electron chi connectivity index (χ4n) is 3.61. The van der Waals surface area contributed by atoms with Crippen molar-refractivity contribution in [3.8, 4) is 0 Å². The number of hydrogen-bond acceptors (Lipinski definition) is 5. The lowest BCUT2D eigenvalue weighted by Crippen LogP contribution is -2.58. The Hall–Kier alpha value is -0.750. The Labute approximate surface area is 157 Å². The summed E-state index contributed by atoms with van der Waals surface area (Å²) in [5.74, 6) is -0.213. The van der Waals surface area contributed by atoms with Crippen molar-refractivity contribution in [2.24, 2.45) is 0 Å². The molecule has 0 N–H and O–H groups in total. The Morgan fingerprint density at radius 2 is 1.54 bits per heavy atom. The Morgan fingerprint density at radius 1 is 0.962 bits per heavy atom. The van der Waals surface area contributed by atoms with Crippen LogP contribution in [0.1, 0.15) is 33.1 Å². The molecule has 2 aliphatic heterocycles. The topological polar surface area (TPSA) is 98.3 Å². The van der Waals surface area contributed by atoms with Gasteiger partial charge in [-0.3, -0.25) is 4.79 Å². The highest BCUT2D eigenvalue weighted by molar-refractivity contribution is 7.88. The van der Waals surface area contributed by atoms with Crippen molar-refractivity contribution in [1.82, 2.24) is 17.8 Å². The number of hydrogen-bond donors (Lipinski definition) is 0. The minimum absolute atomic E-state index is 0.213. The number of amides is 1. The molecule has 0 radical (unpaired) electrons. The quantitative estimate of drug-likeness (QED) is 0.590. The van der Waals surface area contributed by atoms with Crippen LogP contribution < -0.4 is 0 Å². The third-order valence-electron chi connectivity index (χ3n) is 5.07. The molecule has 0 bridgehead atoms. The Balaban J connectivity index is 2.04. The van der Waals surface area contributed by atoms with Gasteiger partial charge in [-0.25, -0.2) is 8.42 Å². The van der Waals surface area contributed by atoms with Crippen molar-refractivity contribution in [2.45, 2.75) is 39.2 Å². The summed E-state index contributed by atoms with van der Waals surface area (Å²) in [7, 11) is -6.95. The van der Waals surface area contributed by atoms with Crippen LogP contribution in [0.15, 0.2) is 0 Å². The molecule has 0 aliphatic carbocycles. The molecule has 26 heavy (non-hydrogen) atoms. The lowest BCUT2D eigenvalue weighted by molar-refractivity contribution is -0.137. The second kappa shape index (κ2) is 8.51. The first-order valence-electron chi connectivity index (χ1n) is 9.13. The maximum atomic E-state index is 12.9. The van der Waals surface area contributed by atoms with Crippen molar-refractivity contribution in [3.63, 3.8) is 0 Å². The molecule has 0 aromatic rings. The van der Waals surface area contributed by atoms with E-state index in [4.69, 9.17) is 0 Å². The standard InChI is InChI=1S/C15H30N4O5S2/c1-4-17(5-2)26(23,24)18-12-10-16(11-13-18)15(20)14-8-6-7-9-19(14)25(3,21)22/h14H,4-13H2,1-3H3. The molecule has 0 spiro atoms. The molecule has 0 aromatic carbocycles. The van der Waals surface area contributed by atoms with Crippen LogP contribution in [-0.4, -0.2) is 98.7 Å². The molecule has 2 saturated heterocycles. The van der Waals surface area contributed by atoms with Crippen LogP contribution in [0.4, 0.5) is 0 Å². The van der Waals surface area contributed by atoms with E-state index in [1.54, 1.807) is 18.7 Å². The van der Waals surface area contributed by atoms with Gasteiger partial charge in [0.1, 0.15) is 6.04 Å². The second-order valence-corrected chi connectivity index (χ2v) is 10.6. The van der Waals surface area contributed by atoms with Gasteiger partial charge in [-0.2, -0.15) is 21.3 Å². The average Bonchev–Trinajstić information content (AvgIpc) is 2.61. The van der Waals surface area contributed by atoms with Gasteiger partial charge < -0.3 is 4.90 Å². The summed E-state index contributed by atoms with van der Waals surface area (Å²) in [6.45, 7) is 5.80. The van der Waals surface area contributed by atoms with Crippen molar-refractivity contribution in [1.29, 1.82) is 0 Å². The molecule has 152 valence electrons. The smallest absolute Gasteiger partial charge is 0.282 e. The van der Waals surface area contributed by atoms with Gasteiger partial charge in [-0.05, 0) is 12.8 Å². The van der Waals surface area contributed by atoms with Crippen LogP contribution in [0.2, 0.25) is 0 Å². The third-order valence-corrected chi connectivity index (χ3v) is 8.55. The monoisotopic (exact) mass is 410 g/mol. The number of carbonyl (C=O) groups excluding carboxylic acids is 1. The first-order chi connectivity index (χ1) is 12.1. The molecule has 1 amide bonds. The average molecular weight is 411 g/mol. The van der Waals surface area contributed by atoms with Crippen LogP contribution in [0.3, 0.4) is 0 Å². The number of rotatable bonds is 6. The molecule has 0 aromatic heterocycles. The summed E-state index contributed by atoms with van der Waals surface area (Å²) >= 11 is 0. The van der Waals surface area contributed by atoms with Crippen LogP contribution in [0.5, 0.6) is 0 Å². The Morgan fingerprint density at radius 3 is 2.04 bits per heavy atom. The molecule has 1 atom stereocenters. The lowest BCUT2D eigenvalue weighted by atomic mass is 10.0. The number of nitrogens with zero attached hydrogens (tertiary/aromatic N) is 4. The van der Waals surface area contributed by atoms with Gasteiger partial charge in [0.05, 0.1) is 6.26 Å². The van der Waals surface area contributed by atoms with Gasteiger partial charge in [0.2, 0.25) is 15.9 Å². The molecule has 2 aliphatic rings. The maximum Gasteiger partial charge on any atom is 0.282 e. The van der Waals surface area contributed by atoms with Crippen LogP contribution in [0.25, 0.3) is 0 Å². The maximum absolute atomic E-state index is 12.9. The zero-order chi connectivity index (χ0) is 19.5. The predicted octanol–water partition coefficient (Wildman–Crippen LogP) is -0.469. The molecule has 9 nitrogen and oxygen atoms in total. The normalized spacial score (nSPS) is 24.2. The molecular formula is C15H30N4O5S2. The number of piperidine rings is 1. The summed E-state index contributed by atoms with van der Waals surface area (Å²) in [6.07, 6.45) is 3.22. The third kappa shape index (κ3) is 4.56. The number of piperazine rings is 1. The zero-order valence-corrected chi connectivity index (χ0v) is 17.4. The summed E-state index contributed by atoms with van der Waals surface area (Å²) in [5, 5.41) is 0. The van der Waals surface area contributed by atoms with Crippen molar-refractivity contribution >= 4 is 26.1 Å². The Bertz CT molecular complexity index is 698. The van der Waals surface area contributed by atoms with E-state index in [-0.39, 0.29) is 32.1 Å². The van der Waals surface area contributed by atoms with Gasteiger partial charge >= 0.3 is 0 Å². The van der Waals surface area contributed by atoms with E-state index >= 15 is 0 Å². The van der Waals surface area contributed by atoms with Gasteiger partial charge in [-0.15, -0.1) is 0 Å². The van der Waals surface area contributed by atoms with Gasteiger partial charge in [0, 0.05) is 45.8 Å². The molecule has 2 rings (SSSR count). The van der Waals surface area contributed by atoms with E-state index in [0.29, 0.717) is 26.1 Å². The minimum Gasteiger partial charge on any atom is -0.339 e. The highest BCUT2D eigenvalue weighted by Crippen LogP contribution is 2.22. The highest BCUT2D eigenvalue weighted by Gasteiger charge is 2.39. The van der Waals surface area contributed by atoms with E-state index < -0.39 is 26.3 Å². The van der Waals surface area contributed by atoms with Crippen molar-refractivity contribution in [3.05, 3.63) is 0 Å². The molecule has 2 fully saturated rings. The fourth-order valence-corrected chi connectivity index (χ4v) is 6.33. The van der Waals surface area contributed by atoms with Gasteiger partial charge in [0.25, 0.3) is 10.2 Å². The van der Waals surface area contributed by atoms with Crippen LogP contribution in [0, 0.1) is 0 Å². The van der Waals surface area contributed by atoms with E-state index in [2.05, 4.69) is 0 Å². The number of sulfonamides is 1. The number of carbonyl (C=O) groups is 1. The van der Waals surface area contributed by atoms with E-state index in [0.717, 1.165) is 19.1 Å². The molecule has 1 unspecified atom stereocenters. The summed E-state index contributed by atoms with van der Waals surface area (Å²) in [4.78, 5) is 14.5. The van der Waals surface area contributed by atoms with Crippen LogP contribution >= 0.6 is 0 Å². The molecule has 11 heteroatoms. The molecule has 2 heterocycles. The fraction of sp³-hybridized carbons (Fsp3) is 0.933. The largest absolute Gasteiger partial charge is 0.339 e. The highest BCUT2D eigenvalue weighted by atomic mass is 32.2. The lowest BCUT2D eigenvalue weighted by Gasteiger charge is -2.40. The van der Waals surface area contributed by atoms with Crippen LogP contribution in [-0.2, 0) is 25.0 Å². The minimum atomic E-state index is -3.51. The van der Waals surface area contributed by atoms with E-state index in [9.17, 15) is 21.6 Å². The Kier molecular flexibility index (Phi) is 7.05.